The van der Waals surface area contributed by atoms with Gasteiger partial charge in [0.2, 0.25) is 5.91 Å². The number of amides is 1. The standard InChI is InChI=1S/C20H21N3O/c1-13-6-8-20(15(3)9-13)23(16(4)24)22-12-17-11-21-19-10-14(2)5-7-18(17)19/h5-12,21H,1-4H3/b22-12+. The highest BCUT2D eigenvalue weighted by atomic mass is 16.2. The van der Waals surface area contributed by atoms with Crippen molar-refractivity contribution in [2.75, 3.05) is 5.01 Å². The van der Waals surface area contributed by atoms with E-state index in [9.17, 15) is 4.79 Å². The summed E-state index contributed by atoms with van der Waals surface area (Å²) in [4.78, 5) is 15.3. The molecule has 0 fully saturated rings. The van der Waals surface area contributed by atoms with E-state index in [4.69, 9.17) is 0 Å². The number of carbonyl (C=O) groups excluding carboxylic acids is 1. The maximum atomic E-state index is 12.1. The number of hydrogen-bond acceptors (Lipinski definition) is 2. The number of hydrogen-bond donors (Lipinski definition) is 1. The van der Waals surface area contributed by atoms with Gasteiger partial charge >= 0.3 is 0 Å². The highest BCUT2D eigenvalue weighted by Gasteiger charge is 2.13. The Balaban J connectivity index is 1.98. The minimum atomic E-state index is -0.117. The third kappa shape index (κ3) is 3.08. The van der Waals surface area contributed by atoms with E-state index in [1.54, 1.807) is 6.21 Å². The molecule has 0 aliphatic rings. The van der Waals surface area contributed by atoms with Crippen LogP contribution in [0.25, 0.3) is 10.9 Å². The first-order chi connectivity index (χ1) is 11.5. The highest BCUT2D eigenvalue weighted by Crippen LogP contribution is 2.23. The van der Waals surface area contributed by atoms with Crippen molar-refractivity contribution >= 4 is 28.7 Å². The van der Waals surface area contributed by atoms with Crippen molar-refractivity contribution in [2.45, 2.75) is 27.7 Å². The van der Waals surface area contributed by atoms with Gasteiger partial charge in [0.1, 0.15) is 0 Å². The molecule has 2 aromatic carbocycles. The van der Waals surface area contributed by atoms with Crippen molar-refractivity contribution in [3.63, 3.8) is 0 Å². The summed E-state index contributed by atoms with van der Waals surface area (Å²) in [7, 11) is 0. The average Bonchev–Trinajstić information content (AvgIpc) is 2.91. The lowest BCUT2D eigenvalue weighted by Gasteiger charge is -2.17. The predicted octanol–water partition coefficient (Wildman–Crippen LogP) is 4.48. The van der Waals surface area contributed by atoms with Gasteiger partial charge in [-0.3, -0.25) is 4.79 Å². The predicted molar refractivity (Wildman–Crippen MR) is 99.7 cm³/mol. The van der Waals surface area contributed by atoms with Crippen molar-refractivity contribution in [1.29, 1.82) is 0 Å². The second-order valence-corrected chi connectivity index (χ2v) is 6.16. The fourth-order valence-corrected chi connectivity index (χ4v) is 2.85. The number of hydrazone groups is 1. The zero-order chi connectivity index (χ0) is 17.3. The third-order valence-corrected chi connectivity index (χ3v) is 4.06. The van der Waals surface area contributed by atoms with Gasteiger partial charge in [0.25, 0.3) is 0 Å². The fraction of sp³-hybridized carbons (Fsp3) is 0.200. The highest BCUT2D eigenvalue weighted by molar-refractivity contribution is 6.01. The Kier molecular flexibility index (Phi) is 4.21. The second-order valence-electron chi connectivity index (χ2n) is 6.16. The van der Waals surface area contributed by atoms with Gasteiger partial charge in [-0.1, -0.05) is 29.8 Å². The van der Waals surface area contributed by atoms with E-state index in [2.05, 4.69) is 41.3 Å². The van der Waals surface area contributed by atoms with Crippen LogP contribution in [0.5, 0.6) is 0 Å². The monoisotopic (exact) mass is 319 g/mol. The van der Waals surface area contributed by atoms with Gasteiger partial charge in [-0.25, -0.2) is 5.01 Å². The second kappa shape index (κ2) is 6.32. The van der Waals surface area contributed by atoms with E-state index >= 15 is 0 Å². The number of rotatable bonds is 3. The van der Waals surface area contributed by atoms with E-state index in [1.165, 1.54) is 17.5 Å². The Bertz CT molecular complexity index is 937. The molecule has 0 bridgehead atoms. The molecule has 0 unspecified atom stereocenters. The Labute approximate surface area is 141 Å². The van der Waals surface area contributed by atoms with E-state index < -0.39 is 0 Å². The number of nitrogens with zero attached hydrogens (tertiary/aromatic N) is 2. The van der Waals surface area contributed by atoms with Crippen LogP contribution in [0, 0.1) is 20.8 Å². The molecular weight excluding hydrogens is 298 g/mol. The van der Waals surface area contributed by atoms with Crippen LogP contribution in [0.3, 0.4) is 0 Å². The van der Waals surface area contributed by atoms with Gasteiger partial charge < -0.3 is 4.98 Å². The molecule has 0 spiro atoms. The quantitative estimate of drug-likeness (QED) is 0.561. The lowest BCUT2D eigenvalue weighted by atomic mass is 10.1. The van der Waals surface area contributed by atoms with Gasteiger partial charge in [0, 0.05) is 29.6 Å². The van der Waals surface area contributed by atoms with Crippen molar-refractivity contribution in [3.05, 3.63) is 64.8 Å². The first-order valence-electron chi connectivity index (χ1n) is 7.95. The van der Waals surface area contributed by atoms with E-state index in [0.717, 1.165) is 33.3 Å². The summed E-state index contributed by atoms with van der Waals surface area (Å²) in [6.07, 6.45) is 3.64. The largest absolute Gasteiger partial charge is 0.360 e. The van der Waals surface area contributed by atoms with Crippen LogP contribution >= 0.6 is 0 Å². The number of nitrogens with one attached hydrogen (secondary N) is 1. The zero-order valence-corrected chi connectivity index (χ0v) is 14.4. The molecular formula is C20H21N3O. The number of benzene rings is 2. The molecule has 1 amide bonds. The normalized spacial score (nSPS) is 11.3. The summed E-state index contributed by atoms with van der Waals surface area (Å²) in [5, 5.41) is 6.98. The summed E-state index contributed by atoms with van der Waals surface area (Å²) >= 11 is 0. The minimum absolute atomic E-state index is 0.117. The number of aromatic amines is 1. The van der Waals surface area contributed by atoms with Gasteiger partial charge in [-0.2, -0.15) is 5.10 Å². The third-order valence-electron chi connectivity index (χ3n) is 4.06. The average molecular weight is 319 g/mol. The molecule has 0 atom stereocenters. The van der Waals surface area contributed by atoms with Crippen molar-refractivity contribution in [3.8, 4) is 0 Å². The van der Waals surface area contributed by atoms with Crippen molar-refractivity contribution in [2.24, 2.45) is 5.10 Å². The number of fused-ring (bicyclic) bond motifs is 1. The van der Waals surface area contributed by atoms with Crippen LogP contribution < -0.4 is 5.01 Å². The Morgan fingerprint density at radius 3 is 2.50 bits per heavy atom. The number of aryl methyl sites for hydroxylation is 3. The van der Waals surface area contributed by atoms with Crippen LogP contribution in [0.4, 0.5) is 5.69 Å². The summed E-state index contributed by atoms with van der Waals surface area (Å²) in [6.45, 7) is 7.61. The molecule has 1 N–H and O–H groups in total. The zero-order valence-electron chi connectivity index (χ0n) is 14.4. The smallest absolute Gasteiger partial charge is 0.244 e. The molecule has 122 valence electrons. The van der Waals surface area contributed by atoms with Gasteiger partial charge in [-0.15, -0.1) is 0 Å². The number of aromatic nitrogens is 1. The minimum Gasteiger partial charge on any atom is -0.360 e. The SMILES string of the molecule is CC(=O)N(/N=C/c1c[nH]c2cc(C)ccc12)c1ccc(C)cc1C. The van der Waals surface area contributed by atoms with E-state index in [-0.39, 0.29) is 5.91 Å². The molecule has 24 heavy (non-hydrogen) atoms. The maximum Gasteiger partial charge on any atom is 0.244 e. The molecule has 3 aromatic rings. The first-order valence-corrected chi connectivity index (χ1v) is 7.95. The number of H-pyrrole nitrogens is 1. The lowest BCUT2D eigenvalue weighted by Crippen LogP contribution is -2.23. The van der Waals surface area contributed by atoms with E-state index in [1.807, 2.05) is 32.2 Å². The van der Waals surface area contributed by atoms with E-state index in [0.29, 0.717) is 0 Å². The van der Waals surface area contributed by atoms with Crippen LogP contribution in [0.15, 0.2) is 47.7 Å². The maximum absolute atomic E-state index is 12.1. The molecule has 1 aromatic heterocycles. The Hall–Kier alpha value is -2.88. The number of carbonyl (C=O) groups is 1. The summed E-state index contributed by atoms with van der Waals surface area (Å²) in [5.41, 5.74) is 6.22. The molecule has 0 aliphatic carbocycles. The lowest BCUT2D eigenvalue weighted by molar-refractivity contribution is -0.116. The Morgan fingerprint density at radius 1 is 1.08 bits per heavy atom. The van der Waals surface area contributed by atoms with Crippen LogP contribution in [0.2, 0.25) is 0 Å². The van der Waals surface area contributed by atoms with Crippen molar-refractivity contribution in [1.82, 2.24) is 4.98 Å². The molecule has 4 nitrogen and oxygen atoms in total. The summed E-state index contributed by atoms with van der Waals surface area (Å²) in [6, 6.07) is 12.2. The van der Waals surface area contributed by atoms with Gasteiger partial charge in [-0.05, 0) is 44.0 Å². The van der Waals surface area contributed by atoms with Crippen LogP contribution in [-0.4, -0.2) is 17.1 Å². The molecule has 0 saturated heterocycles. The summed E-state index contributed by atoms with van der Waals surface area (Å²) < 4.78 is 0. The summed E-state index contributed by atoms with van der Waals surface area (Å²) in [5.74, 6) is -0.117. The molecule has 3 rings (SSSR count). The van der Waals surface area contributed by atoms with Gasteiger partial charge in [0.05, 0.1) is 11.9 Å². The first kappa shape index (κ1) is 16.0. The topological polar surface area (TPSA) is 48.5 Å². The molecule has 4 heteroatoms. The molecule has 0 aliphatic heterocycles. The number of anilines is 1. The molecule has 0 saturated carbocycles. The fourth-order valence-electron chi connectivity index (χ4n) is 2.85. The Morgan fingerprint density at radius 2 is 1.79 bits per heavy atom. The molecule has 0 radical (unpaired) electrons. The molecule has 1 heterocycles. The van der Waals surface area contributed by atoms with Gasteiger partial charge in [0.15, 0.2) is 0 Å². The van der Waals surface area contributed by atoms with Crippen LogP contribution in [0.1, 0.15) is 29.2 Å². The van der Waals surface area contributed by atoms with Crippen molar-refractivity contribution < 1.29 is 4.79 Å². The van der Waals surface area contributed by atoms with Crippen LogP contribution in [-0.2, 0) is 4.79 Å².